The molecule has 194 valence electrons. The number of ether oxygens (including phenoxy) is 1. The van der Waals surface area contributed by atoms with Gasteiger partial charge in [-0.25, -0.2) is 4.98 Å². The van der Waals surface area contributed by atoms with Crippen molar-refractivity contribution in [1.29, 1.82) is 5.26 Å². The van der Waals surface area contributed by atoms with Gasteiger partial charge in [-0.3, -0.25) is 9.88 Å². The van der Waals surface area contributed by atoms with Crippen LogP contribution in [0.1, 0.15) is 38.0 Å². The van der Waals surface area contributed by atoms with Crippen LogP contribution in [-0.2, 0) is 17.7 Å². The molecule has 0 radical (unpaired) electrons. The van der Waals surface area contributed by atoms with Gasteiger partial charge in [-0.05, 0) is 62.2 Å². The van der Waals surface area contributed by atoms with Crippen molar-refractivity contribution in [3.63, 3.8) is 0 Å². The molecular formula is C29H37N7O. The van der Waals surface area contributed by atoms with Crippen LogP contribution in [0.2, 0.25) is 0 Å². The van der Waals surface area contributed by atoms with Crippen molar-refractivity contribution in [2.24, 2.45) is 0 Å². The first-order chi connectivity index (χ1) is 18.2. The summed E-state index contributed by atoms with van der Waals surface area (Å²) in [7, 11) is 0. The van der Waals surface area contributed by atoms with E-state index >= 15 is 0 Å². The maximum Gasteiger partial charge on any atom is 0.129 e. The van der Waals surface area contributed by atoms with E-state index in [4.69, 9.17) is 9.72 Å². The lowest BCUT2D eigenvalue weighted by Gasteiger charge is -2.41. The Morgan fingerprint density at radius 2 is 2.05 bits per heavy atom. The van der Waals surface area contributed by atoms with Crippen LogP contribution in [0, 0.1) is 11.3 Å². The zero-order chi connectivity index (χ0) is 25.2. The summed E-state index contributed by atoms with van der Waals surface area (Å²) in [6.07, 6.45) is 5.35. The Morgan fingerprint density at radius 1 is 1.14 bits per heavy atom. The molecule has 37 heavy (non-hydrogen) atoms. The highest BCUT2D eigenvalue weighted by Crippen LogP contribution is 2.30. The maximum absolute atomic E-state index is 9.55. The molecular weight excluding hydrogens is 462 g/mol. The fourth-order valence-electron chi connectivity index (χ4n) is 6.01. The van der Waals surface area contributed by atoms with E-state index < -0.39 is 0 Å². The van der Waals surface area contributed by atoms with E-state index in [1.807, 2.05) is 12.1 Å². The number of rotatable bonds is 4. The van der Waals surface area contributed by atoms with E-state index in [0.717, 1.165) is 81.3 Å². The summed E-state index contributed by atoms with van der Waals surface area (Å²) >= 11 is 0. The minimum atomic E-state index is 0. The Kier molecular flexibility index (Phi) is 6.92. The highest BCUT2D eigenvalue weighted by atomic mass is 16.5. The van der Waals surface area contributed by atoms with Gasteiger partial charge in [0.05, 0.1) is 30.0 Å². The van der Waals surface area contributed by atoms with Gasteiger partial charge in [0.15, 0.2) is 0 Å². The van der Waals surface area contributed by atoms with Crippen LogP contribution in [0.25, 0.3) is 10.9 Å². The molecule has 5 heterocycles. The lowest BCUT2D eigenvalue weighted by atomic mass is 10.1. The van der Waals surface area contributed by atoms with Crippen LogP contribution in [0.5, 0.6) is 0 Å². The Balaban J connectivity index is 0.00000294. The largest absolute Gasteiger partial charge is 0.370 e. The molecule has 2 atom stereocenters. The molecule has 0 saturated carbocycles. The Morgan fingerprint density at radius 3 is 2.97 bits per heavy atom. The van der Waals surface area contributed by atoms with Crippen molar-refractivity contribution in [3.05, 3.63) is 59.4 Å². The summed E-state index contributed by atoms with van der Waals surface area (Å²) in [6.45, 7) is 9.61. The Labute approximate surface area is 220 Å². The van der Waals surface area contributed by atoms with Crippen LogP contribution in [0.15, 0.2) is 42.6 Å². The molecule has 1 aromatic carbocycles. The lowest BCUT2D eigenvalue weighted by Crippen LogP contribution is -2.52. The molecule has 2 saturated heterocycles. The molecule has 3 aromatic rings. The summed E-state index contributed by atoms with van der Waals surface area (Å²) in [4.78, 5) is 17.0. The smallest absolute Gasteiger partial charge is 0.129 e. The van der Waals surface area contributed by atoms with Gasteiger partial charge in [-0.2, -0.15) is 5.26 Å². The van der Waals surface area contributed by atoms with E-state index in [1.54, 1.807) is 6.20 Å². The molecule has 8 nitrogen and oxygen atoms in total. The summed E-state index contributed by atoms with van der Waals surface area (Å²) in [6, 6.07) is 14.7. The van der Waals surface area contributed by atoms with Gasteiger partial charge in [0.2, 0.25) is 0 Å². The first-order valence-electron chi connectivity index (χ1n) is 13.5. The predicted molar refractivity (Wildman–Crippen MR) is 148 cm³/mol. The first kappa shape index (κ1) is 24.1. The van der Waals surface area contributed by atoms with Gasteiger partial charge in [0.1, 0.15) is 11.9 Å². The summed E-state index contributed by atoms with van der Waals surface area (Å²) in [5.41, 5.74) is 5.10. The highest BCUT2D eigenvalue weighted by Gasteiger charge is 2.29. The zero-order valence-electron chi connectivity index (χ0n) is 21.6. The number of aromatic nitrogens is 2. The van der Waals surface area contributed by atoms with Crippen LogP contribution < -0.4 is 15.1 Å². The SMILES string of the molecule is C[C@@H]1CN(c2ccc(C#N)c3ncccc23)C[C@H](CN2CCCCN(c3ccc4c(n3)CCNC4)C2)O1.[HH]. The molecule has 3 aliphatic heterocycles. The molecule has 0 bridgehead atoms. The minimum absolute atomic E-state index is 0. The average Bonchev–Trinajstić information content (AvgIpc) is 3.17. The van der Waals surface area contributed by atoms with Crippen LogP contribution in [0.3, 0.4) is 0 Å². The van der Waals surface area contributed by atoms with E-state index in [0.29, 0.717) is 5.56 Å². The van der Waals surface area contributed by atoms with Crippen molar-refractivity contribution in [2.45, 2.75) is 44.9 Å². The van der Waals surface area contributed by atoms with Crippen LogP contribution >= 0.6 is 0 Å². The van der Waals surface area contributed by atoms with E-state index in [1.165, 1.54) is 24.1 Å². The average molecular weight is 500 g/mol. The van der Waals surface area contributed by atoms with Gasteiger partial charge in [0.25, 0.3) is 0 Å². The van der Waals surface area contributed by atoms with Crippen molar-refractivity contribution in [1.82, 2.24) is 20.2 Å². The van der Waals surface area contributed by atoms with Crippen molar-refractivity contribution in [3.8, 4) is 6.07 Å². The Hall–Kier alpha value is -3.25. The van der Waals surface area contributed by atoms with Gasteiger partial charge in [0, 0.05) is 70.1 Å². The quantitative estimate of drug-likeness (QED) is 0.584. The number of hydrogen-bond acceptors (Lipinski definition) is 8. The molecule has 1 N–H and O–H groups in total. The standard InChI is InChI=1S/C29H35N7O.H2/c1-21-17-36(27-8-6-22(15-30)29-25(27)5-4-11-32-29)19-24(37-21)18-34-13-2-3-14-35(20-34)28-9-7-23-16-31-12-10-26(23)33-28;/h4-9,11,21,24,31H,2-3,10,12-14,16-20H2,1H3;1H/t21-,24+;/m1./s1. The number of pyridine rings is 2. The van der Waals surface area contributed by atoms with Crippen LogP contribution in [0.4, 0.5) is 11.5 Å². The molecule has 0 amide bonds. The van der Waals surface area contributed by atoms with Crippen molar-refractivity contribution < 1.29 is 6.16 Å². The molecule has 0 spiro atoms. The molecule has 0 aliphatic carbocycles. The van der Waals surface area contributed by atoms with Gasteiger partial charge < -0.3 is 19.9 Å². The second-order valence-corrected chi connectivity index (χ2v) is 10.5. The second kappa shape index (κ2) is 10.6. The number of benzene rings is 1. The molecule has 0 unspecified atom stereocenters. The zero-order valence-corrected chi connectivity index (χ0v) is 21.6. The van der Waals surface area contributed by atoms with E-state index in [2.05, 4.69) is 62.3 Å². The fraction of sp³-hybridized carbons (Fsp3) is 0.483. The molecule has 2 fully saturated rings. The Bertz CT molecular complexity index is 1310. The molecule has 6 rings (SSSR count). The number of fused-ring (bicyclic) bond motifs is 2. The number of nitriles is 1. The minimum Gasteiger partial charge on any atom is -0.370 e. The normalized spacial score (nSPS) is 22.9. The number of anilines is 2. The summed E-state index contributed by atoms with van der Waals surface area (Å²) < 4.78 is 6.46. The van der Waals surface area contributed by atoms with Gasteiger partial charge in [-0.1, -0.05) is 6.07 Å². The topological polar surface area (TPSA) is 80.6 Å². The van der Waals surface area contributed by atoms with Crippen molar-refractivity contribution in [2.75, 3.05) is 55.7 Å². The van der Waals surface area contributed by atoms with E-state index in [-0.39, 0.29) is 13.6 Å². The number of hydrogen-bond donors (Lipinski definition) is 1. The highest BCUT2D eigenvalue weighted by molar-refractivity contribution is 5.95. The third-order valence-corrected chi connectivity index (χ3v) is 7.75. The van der Waals surface area contributed by atoms with Crippen LogP contribution in [-0.4, -0.2) is 73.0 Å². The molecule has 3 aliphatic rings. The first-order valence-corrected chi connectivity index (χ1v) is 13.5. The maximum atomic E-state index is 9.55. The summed E-state index contributed by atoms with van der Waals surface area (Å²) in [5, 5.41) is 14.0. The monoisotopic (exact) mass is 499 g/mol. The third-order valence-electron chi connectivity index (χ3n) is 7.75. The number of morpholine rings is 1. The van der Waals surface area contributed by atoms with E-state index in [9.17, 15) is 5.26 Å². The van der Waals surface area contributed by atoms with Gasteiger partial charge in [-0.15, -0.1) is 0 Å². The fourth-order valence-corrected chi connectivity index (χ4v) is 6.01. The predicted octanol–water partition coefficient (Wildman–Crippen LogP) is 3.55. The van der Waals surface area contributed by atoms with Crippen molar-refractivity contribution >= 4 is 22.4 Å². The third kappa shape index (κ3) is 5.12. The molecule has 8 heteroatoms. The molecule has 2 aromatic heterocycles. The van der Waals surface area contributed by atoms with Gasteiger partial charge >= 0.3 is 0 Å². The number of nitrogens with zero attached hydrogens (tertiary/aromatic N) is 6. The second-order valence-electron chi connectivity index (χ2n) is 10.5. The lowest BCUT2D eigenvalue weighted by molar-refractivity contribution is -0.0317. The number of nitrogens with one attached hydrogen (secondary N) is 1. The summed E-state index contributed by atoms with van der Waals surface area (Å²) in [5.74, 6) is 1.10.